The van der Waals surface area contributed by atoms with E-state index in [-0.39, 0.29) is 6.04 Å². The highest BCUT2D eigenvalue weighted by molar-refractivity contribution is 5.73. The molecule has 1 aliphatic heterocycles. The summed E-state index contributed by atoms with van der Waals surface area (Å²) in [6.45, 7) is 2.02. The molecule has 2 atom stereocenters. The number of hydrogen-bond acceptors (Lipinski definition) is 3. The van der Waals surface area contributed by atoms with E-state index in [0.29, 0.717) is 6.04 Å². The molecule has 4 heteroatoms. The van der Waals surface area contributed by atoms with Gasteiger partial charge in [0, 0.05) is 13.2 Å². The summed E-state index contributed by atoms with van der Waals surface area (Å²) >= 11 is 0. The molecule has 72 valence electrons. The van der Waals surface area contributed by atoms with E-state index in [1.165, 1.54) is 0 Å². The topological polar surface area (TPSA) is 69.6 Å². The van der Waals surface area contributed by atoms with Crippen molar-refractivity contribution in [3.63, 3.8) is 0 Å². The largest absolute Gasteiger partial charge is 0.480 e. The summed E-state index contributed by atoms with van der Waals surface area (Å²) < 4.78 is 0. The van der Waals surface area contributed by atoms with E-state index < -0.39 is 5.97 Å². The maximum atomic E-state index is 10.4. The van der Waals surface area contributed by atoms with Crippen LogP contribution in [0.25, 0.3) is 0 Å². The Bertz CT molecular complexity index is 138. The Morgan fingerprint density at radius 3 is 2.33 bits per heavy atom. The number of aliphatic hydroxyl groups is 1. The Morgan fingerprint density at radius 2 is 2.00 bits per heavy atom. The molecule has 0 aromatic carbocycles. The molecule has 0 aliphatic carbocycles. The van der Waals surface area contributed by atoms with E-state index in [0.717, 1.165) is 26.4 Å². The van der Waals surface area contributed by atoms with Crippen LogP contribution in [0.15, 0.2) is 0 Å². The van der Waals surface area contributed by atoms with Crippen LogP contribution in [0, 0.1) is 0 Å². The summed E-state index contributed by atoms with van der Waals surface area (Å²) in [5.74, 6) is -0.716. The summed E-state index contributed by atoms with van der Waals surface area (Å²) in [7, 11) is 1.00. The van der Waals surface area contributed by atoms with Crippen LogP contribution >= 0.6 is 0 Å². The van der Waals surface area contributed by atoms with E-state index in [1.54, 1.807) is 0 Å². The maximum Gasteiger partial charge on any atom is 0.320 e. The zero-order valence-electron chi connectivity index (χ0n) is 7.58. The summed E-state index contributed by atoms with van der Waals surface area (Å²) in [6.07, 6.45) is 2.91. The van der Waals surface area contributed by atoms with Crippen molar-refractivity contribution >= 4 is 5.97 Å². The van der Waals surface area contributed by atoms with Gasteiger partial charge in [-0.05, 0) is 26.2 Å². The third-order valence-electron chi connectivity index (χ3n) is 1.91. The molecule has 1 aliphatic rings. The Balaban J connectivity index is 0.000000561. The number of nitrogens with one attached hydrogen (secondary N) is 1. The SMILES string of the molecule is CC1CCCC(C(=O)O)N1.CO. The summed E-state index contributed by atoms with van der Waals surface area (Å²) in [4.78, 5) is 10.4. The molecule has 12 heavy (non-hydrogen) atoms. The van der Waals surface area contributed by atoms with Crippen molar-refractivity contribution in [2.75, 3.05) is 7.11 Å². The number of aliphatic carboxylic acids is 1. The summed E-state index contributed by atoms with van der Waals surface area (Å²) in [5, 5.41) is 18.6. The number of carbonyl (C=O) groups is 1. The van der Waals surface area contributed by atoms with Gasteiger partial charge in [0.25, 0.3) is 0 Å². The second kappa shape index (κ2) is 5.97. The Hall–Kier alpha value is -0.610. The zero-order chi connectivity index (χ0) is 9.56. The fourth-order valence-corrected chi connectivity index (χ4v) is 1.33. The molecule has 0 bridgehead atoms. The Kier molecular flexibility index (Phi) is 5.66. The van der Waals surface area contributed by atoms with Gasteiger partial charge in [-0.2, -0.15) is 0 Å². The first kappa shape index (κ1) is 11.4. The monoisotopic (exact) mass is 175 g/mol. The van der Waals surface area contributed by atoms with Gasteiger partial charge in [0.2, 0.25) is 0 Å². The first-order chi connectivity index (χ1) is 5.70. The molecule has 0 aromatic heterocycles. The molecule has 1 saturated heterocycles. The lowest BCUT2D eigenvalue weighted by molar-refractivity contribution is -0.140. The van der Waals surface area contributed by atoms with E-state index in [9.17, 15) is 4.79 Å². The van der Waals surface area contributed by atoms with Crippen LogP contribution < -0.4 is 5.32 Å². The Morgan fingerprint density at radius 1 is 1.42 bits per heavy atom. The normalized spacial score (nSPS) is 28.6. The van der Waals surface area contributed by atoms with Gasteiger partial charge in [-0.3, -0.25) is 4.79 Å². The molecular formula is C8H17NO3. The van der Waals surface area contributed by atoms with Crippen molar-refractivity contribution in [1.82, 2.24) is 5.32 Å². The average Bonchev–Trinajstić information content (AvgIpc) is 2.08. The van der Waals surface area contributed by atoms with Gasteiger partial charge in [0.05, 0.1) is 0 Å². The van der Waals surface area contributed by atoms with Gasteiger partial charge in [-0.15, -0.1) is 0 Å². The van der Waals surface area contributed by atoms with Crippen LogP contribution in [0.4, 0.5) is 0 Å². The molecule has 0 amide bonds. The quantitative estimate of drug-likeness (QED) is 0.533. The molecule has 1 rings (SSSR count). The van der Waals surface area contributed by atoms with Gasteiger partial charge in [0.1, 0.15) is 6.04 Å². The van der Waals surface area contributed by atoms with Crippen LogP contribution in [0.5, 0.6) is 0 Å². The van der Waals surface area contributed by atoms with E-state index >= 15 is 0 Å². The van der Waals surface area contributed by atoms with Crippen LogP contribution in [-0.4, -0.2) is 35.4 Å². The second-order valence-electron chi connectivity index (χ2n) is 2.89. The first-order valence-corrected chi connectivity index (χ1v) is 4.13. The molecule has 3 N–H and O–H groups in total. The van der Waals surface area contributed by atoms with Crippen molar-refractivity contribution in [2.24, 2.45) is 0 Å². The van der Waals surface area contributed by atoms with Crippen LogP contribution in [0.1, 0.15) is 26.2 Å². The minimum atomic E-state index is -0.716. The van der Waals surface area contributed by atoms with Crippen molar-refractivity contribution in [3.05, 3.63) is 0 Å². The number of piperidine rings is 1. The third-order valence-corrected chi connectivity index (χ3v) is 1.91. The minimum Gasteiger partial charge on any atom is -0.480 e. The van der Waals surface area contributed by atoms with Crippen molar-refractivity contribution in [2.45, 2.75) is 38.3 Å². The molecule has 4 nitrogen and oxygen atoms in total. The molecule has 1 fully saturated rings. The molecule has 0 saturated carbocycles. The molecule has 0 radical (unpaired) electrons. The molecule has 2 unspecified atom stereocenters. The number of aliphatic hydroxyl groups excluding tert-OH is 1. The van der Waals surface area contributed by atoms with Crippen LogP contribution in [-0.2, 0) is 4.79 Å². The lowest BCUT2D eigenvalue weighted by Crippen LogP contribution is -2.45. The number of carboxylic acids is 1. The Labute approximate surface area is 72.6 Å². The fraction of sp³-hybridized carbons (Fsp3) is 0.875. The third kappa shape index (κ3) is 3.69. The van der Waals surface area contributed by atoms with Crippen molar-refractivity contribution < 1.29 is 15.0 Å². The van der Waals surface area contributed by atoms with E-state index in [2.05, 4.69) is 5.32 Å². The second-order valence-corrected chi connectivity index (χ2v) is 2.89. The predicted molar refractivity (Wildman–Crippen MR) is 46.0 cm³/mol. The molecular weight excluding hydrogens is 158 g/mol. The van der Waals surface area contributed by atoms with E-state index in [4.69, 9.17) is 10.2 Å². The number of hydrogen-bond donors (Lipinski definition) is 3. The number of carboxylic acid groups (broad SMARTS) is 1. The first-order valence-electron chi connectivity index (χ1n) is 4.13. The number of rotatable bonds is 1. The minimum absolute atomic E-state index is 0.302. The molecule has 0 spiro atoms. The summed E-state index contributed by atoms with van der Waals surface area (Å²) in [6, 6.07) is 0.0681. The summed E-state index contributed by atoms with van der Waals surface area (Å²) in [5.41, 5.74) is 0. The smallest absolute Gasteiger partial charge is 0.320 e. The van der Waals surface area contributed by atoms with Crippen LogP contribution in [0.3, 0.4) is 0 Å². The van der Waals surface area contributed by atoms with Gasteiger partial charge in [-0.25, -0.2) is 0 Å². The highest BCUT2D eigenvalue weighted by atomic mass is 16.4. The molecule has 1 heterocycles. The van der Waals surface area contributed by atoms with Crippen molar-refractivity contribution in [3.8, 4) is 0 Å². The van der Waals surface area contributed by atoms with Crippen molar-refractivity contribution in [1.29, 1.82) is 0 Å². The lowest BCUT2D eigenvalue weighted by atomic mass is 10.00. The van der Waals surface area contributed by atoms with Gasteiger partial charge in [-0.1, -0.05) is 0 Å². The lowest BCUT2D eigenvalue weighted by Gasteiger charge is -2.25. The van der Waals surface area contributed by atoms with E-state index in [1.807, 2.05) is 6.92 Å². The highest BCUT2D eigenvalue weighted by Crippen LogP contribution is 2.11. The van der Waals surface area contributed by atoms with Gasteiger partial charge < -0.3 is 15.5 Å². The van der Waals surface area contributed by atoms with Crippen LogP contribution in [0.2, 0.25) is 0 Å². The standard InChI is InChI=1S/C7H13NO2.CH4O/c1-5-3-2-4-6(8-5)7(9)10;1-2/h5-6,8H,2-4H2,1H3,(H,9,10);2H,1H3. The highest BCUT2D eigenvalue weighted by Gasteiger charge is 2.22. The van der Waals surface area contributed by atoms with Gasteiger partial charge >= 0.3 is 5.97 Å². The van der Waals surface area contributed by atoms with Gasteiger partial charge in [0.15, 0.2) is 0 Å². The zero-order valence-corrected chi connectivity index (χ0v) is 7.58. The maximum absolute atomic E-state index is 10.4. The average molecular weight is 175 g/mol. The fourth-order valence-electron chi connectivity index (χ4n) is 1.33. The molecule has 0 aromatic rings. The predicted octanol–water partition coefficient (Wildman–Crippen LogP) is 0.210.